The minimum absolute atomic E-state index is 0.0308. The average molecular weight is 416 g/mol. The van der Waals surface area contributed by atoms with Gasteiger partial charge in [0.25, 0.3) is 5.91 Å². The zero-order valence-corrected chi connectivity index (χ0v) is 18.1. The highest BCUT2D eigenvalue weighted by atomic mass is 19.1. The third-order valence-corrected chi connectivity index (χ3v) is 6.96. The van der Waals surface area contributed by atoms with Crippen molar-refractivity contribution in [2.24, 2.45) is 0 Å². The summed E-state index contributed by atoms with van der Waals surface area (Å²) in [5.41, 5.74) is 5.41. The van der Waals surface area contributed by atoms with Crippen LogP contribution in [0.4, 0.5) is 10.1 Å². The SMILES string of the molecule is Cc1ccc2c(c1)[C@H]1C[N+](C)(Cc3ccccc3)CC[C@@H]1N2C(=O)c1ccc(F)cc1. The Labute approximate surface area is 183 Å². The van der Waals surface area contributed by atoms with Crippen LogP contribution in [0.2, 0.25) is 0 Å². The van der Waals surface area contributed by atoms with Gasteiger partial charge in [-0.2, -0.15) is 0 Å². The predicted octanol–water partition coefficient (Wildman–Crippen LogP) is 5.30. The number of likely N-dealkylation sites (tertiary alicyclic amines) is 1. The summed E-state index contributed by atoms with van der Waals surface area (Å²) in [7, 11) is 2.34. The predicted molar refractivity (Wildman–Crippen MR) is 122 cm³/mol. The van der Waals surface area contributed by atoms with Crippen LogP contribution in [0.15, 0.2) is 72.8 Å². The van der Waals surface area contributed by atoms with Crippen molar-refractivity contribution in [3.8, 4) is 0 Å². The van der Waals surface area contributed by atoms with Gasteiger partial charge in [0, 0.05) is 23.2 Å². The van der Waals surface area contributed by atoms with Crippen LogP contribution in [-0.4, -0.2) is 36.6 Å². The quantitative estimate of drug-likeness (QED) is 0.532. The molecule has 2 aliphatic heterocycles. The van der Waals surface area contributed by atoms with Gasteiger partial charge in [-0.05, 0) is 42.8 Å². The molecule has 5 rings (SSSR count). The molecule has 2 aliphatic rings. The van der Waals surface area contributed by atoms with Crippen molar-refractivity contribution in [3.05, 3.63) is 101 Å². The van der Waals surface area contributed by atoms with E-state index in [9.17, 15) is 9.18 Å². The van der Waals surface area contributed by atoms with E-state index in [2.05, 4.69) is 62.5 Å². The zero-order chi connectivity index (χ0) is 21.6. The Kier molecular flexibility index (Phi) is 4.90. The number of nitrogens with zero attached hydrogens (tertiary/aromatic N) is 2. The van der Waals surface area contributed by atoms with Crippen molar-refractivity contribution in [3.63, 3.8) is 0 Å². The molecule has 158 valence electrons. The number of aryl methyl sites for hydroxylation is 1. The molecule has 2 heterocycles. The van der Waals surface area contributed by atoms with Crippen LogP contribution in [-0.2, 0) is 6.54 Å². The lowest BCUT2D eigenvalue weighted by Crippen LogP contribution is -2.56. The molecule has 0 radical (unpaired) electrons. The second-order valence-corrected chi connectivity index (χ2v) is 9.38. The van der Waals surface area contributed by atoms with Crippen LogP contribution in [0.1, 0.15) is 39.4 Å². The number of anilines is 1. The molecule has 0 aromatic heterocycles. The van der Waals surface area contributed by atoms with Crippen LogP contribution in [0.3, 0.4) is 0 Å². The number of fused-ring (bicyclic) bond motifs is 3. The zero-order valence-electron chi connectivity index (χ0n) is 18.1. The number of quaternary nitrogens is 1. The molecule has 4 heteroatoms. The first-order valence-corrected chi connectivity index (χ1v) is 11.0. The number of halogens is 1. The fourth-order valence-electron chi connectivity index (χ4n) is 5.48. The van der Waals surface area contributed by atoms with E-state index >= 15 is 0 Å². The number of carbonyl (C=O) groups excluding carboxylic acids is 1. The lowest BCUT2D eigenvalue weighted by atomic mass is 9.87. The molecule has 0 bridgehead atoms. The molecule has 1 amide bonds. The second kappa shape index (κ2) is 7.61. The Bertz CT molecular complexity index is 1110. The lowest BCUT2D eigenvalue weighted by Gasteiger charge is -2.44. The first-order valence-electron chi connectivity index (χ1n) is 11.0. The Hall–Kier alpha value is -2.98. The number of amides is 1. The number of hydrogen-bond donors (Lipinski definition) is 0. The van der Waals surface area contributed by atoms with Gasteiger partial charge in [0.1, 0.15) is 12.4 Å². The molecular weight excluding hydrogens is 387 g/mol. The van der Waals surface area contributed by atoms with E-state index in [0.717, 1.165) is 36.2 Å². The number of piperidine rings is 1. The Morgan fingerprint density at radius 3 is 2.55 bits per heavy atom. The Morgan fingerprint density at radius 2 is 1.81 bits per heavy atom. The third-order valence-electron chi connectivity index (χ3n) is 6.96. The molecule has 0 N–H and O–H groups in total. The maximum absolute atomic E-state index is 13.5. The van der Waals surface area contributed by atoms with Crippen LogP contribution in [0.25, 0.3) is 0 Å². The molecule has 0 aliphatic carbocycles. The van der Waals surface area contributed by atoms with Crippen LogP contribution in [0, 0.1) is 12.7 Å². The summed E-state index contributed by atoms with van der Waals surface area (Å²) < 4.78 is 14.4. The fourth-order valence-corrected chi connectivity index (χ4v) is 5.48. The van der Waals surface area contributed by atoms with Gasteiger partial charge in [-0.3, -0.25) is 4.79 Å². The van der Waals surface area contributed by atoms with E-state index in [0.29, 0.717) is 11.5 Å². The number of benzene rings is 3. The molecule has 31 heavy (non-hydrogen) atoms. The minimum atomic E-state index is -0.321. The van der Waals surface area contributed by atoms with Crippen LogP contribution >= 0.6 is 0 Å². The molecule has 1 unspecified atom stereocenters. The van der Waals surface area contributed by atoms with Crippen molar-refractivity contribution in [2.45, 2.75) is 31.8 Å². The number of hydrogen-bond acceptors (Lipinski definition) is 1. The lowest BCUT2D eigenvalue weighted by molar-refractivity contribution is -0.928. The van der Waals surface area contributed by atoms with Gasteiger partial charge < -0.3 is 9.38 Å². The van der Waals surface area contributed by atoms with Crippen LogP contribution in [0.5, 0.6) is 0 Å². The topological polar surface area (TPSA) is 20.3 Å². The first-order chi connectivity index (χ1) is 14.9. The van der Waals surface area contributed by atoms with Crippen LogP contribution < -0.4 is 4.90 Å². The van der Waals surface area contributed by atoms with Crippen molar-refractivity contribution in [1.82, 2.24) is 0 Å². The molecular formula is C27H28FN2O+. The summed E-state index contributed by atoms with van der Waals surface area (Å²) in [6, 6.07) is 23.2. The highest BCUT2D eigenvalue weighted by Gasteiger charge is 2.49. The van der Waals surface area contributed by atoms with E-state index in [1.165, 1.54) is 28.8 Å². The Balaban J connectivity index is 1.49. The summed E-state index contributed by atoms with van der Waals surface area (Å²) in [5, 5.41) is 0. The minimum Gasteiger partial charge on any atom is -0.322 e. The summed E-state index contributed by atoms with van der Waals surface area (Å²) in [5.74, 6) is -0.0444. The third kappa shape index (κ3) is 3.66. The van der Waals surface area contributed by atoms with Gasteiger partial charge in [-0.25, -0.2) is 4.39 Å². The molecule has 3 atom stereocenters. The van der Waals surface area contributed by atoms with Gasteiger partial charge in [-0.1, -0.05) is 48.0 Å². The summed E-state index contributed by atoms with van der Waals surface area (Å²) >= 11 is 0. The maximum Gasteiger partial charge on any atom is 0.258 e. The summed E-state index contributed by atoms with van der Waals surface area (Å²) in [4.78, 5) is 15.5. The van der Waals surface area contributed by atoms with Gasteiger partial charge in [-0.15, -0.1) is 0 Å². The van der Waals surface area contributed by atoms with Gasteiger partial charge in [0.15, 0.2) is 0 Å². The number of carbonyl (C=O) groups is 1. The number of likely N-dealkylation sites (N-methyl/N-ethyl adjacent to an activating group) is 1. The summed E-state index contributed by atoms with van der Waals surface area (Å²) in [6.07, 6.45) is 0.953. The normalized spacial score (nSPS) is 24.5. The molecule has 3 nitrogen and oxygen atoms in total. The summed E-state index contributed by atoms with van der Waals surface area (Å²) in [6.45, 7) is 5.14. The van der Waals surface area contributed by atoms with Crippen molar-refractivity contribution >= 4 is 11.6 Å². The Morgan fingerprint density at radius 1 is 1.06 bits per heavy atom. The van der Waals surface area contributed by atoms with Gasteiger partial charge in [0.2, 0.25) is 0 Å². The van der Waals surface area contributed by atoms with E-state index < -0.39 is 0 Å². The van der Waals surface area contributed by atoms with Crippen molar-refractivity contribution in [2.75, 3.05) is 25.0 Å². The highest BCUT2D eigenvalue weighted by molar-refractivity contribution is 6.08. The molecule has 3 aromatic rings. The van der Waals surface area contributed by atoms with E-state index in [-0.39, 0.29) is 17.8 Å². The largest absolute Gasteiger partial charge is 0.322 e. The number of rotatable bonds is 3. The second-order valence-electron chi connectivity index (χ2n) is 9.38. The van der Waals surface area contributed by atoms with E-state index in [1.54, 1.807) is 12.1 Å². The molecule has 1 saturated heterocycles. The molecule has 3 aromatic carbocycles. The highest BCUT2D eigenvalue weighted by Crippen LogP contribution is 2.47. The maximum atomic E-state index is 13.5. The monoisotopic (exact) mass is 415 g/mol. The molecule has 1 fully saturated rings. The molecule has 0 saturated carbocycles. The smallest absolute Gasteiger partial charge is 0.258 e. The van der Waals surface area contributed by atoms with Gasteiger partial charge in [0.05, 0.1) is 32.1 Å². The van der Waals surface area contributed by atoms with Gasteiger partial charge >= 0.3 is 0 Å². The van der Waals surface area contributed by atoms with Crippen molar-refractivity contribution < 1.29 is 13.7 Å². The molecule has 0 spiro atoms. The van der Waals surface area contributed by atoms with E-state index in [1.807, 2.05) is 4.90 Å². The van der Waals surface area contributed by atoms with E-state index in [4.69, 9.17) is 0 Å². The first kappa shape index (κ1) is 20.0. The average Bonchev–Trinajstić information content (AvgIpc) is 3.06. The standard InChI is InChI=1S/C27H28FN2O/c1-19-8-13-25-23(16-19)24-18-30(2,17-20-6-4-3-5-7-20)15-14-26(24)29(25)27(31)21-9-11-22(28)12-10-21/h3-13,16,24,26H,14-15,17-18H2,1-2H3/q+1/t24-,26+,30?/m1/s1. The van der Waals surface area contributed by atoms with Crippen molar-refractivity contribution in [1.29, 1.82) is 0 Å². The fraction of sp³-hybridized carbons (Fsp3) is 0.296.